The highest BCUT2D eigenvalue weighted by molar-refractivity contribution is 5.86. The summed E-state index contributed by atoms with van der Waals surface area (Å²) in [6.07, 6.45) is 1.95. The minimum absolute atomic E-state index is 0.240. The van der Waals surface area contributed by atoms with Gasteiger partial charge in [0.1, 0.15) is 13.2 Å². The lowest BCUT2D eigenvalue weighted by Crippen LogP contribution is -2.43. The second-order valence-corrected chi connectivity index (χ2v) is 5.46. The van der Waals surface area contributed by atoms with Crippen LogP contribution in [0.5, 0.6) is 0 Å². The lowest BCUT2D eigenvalue weighted by molar-refractivity contribution is -0.890. The second-order valence-electron chi connectivity index (χ2n) is 5.46. The van der Waals surface area contributed by atoms with Crippen molar-refractivity contribution in [3.8, 4) is 0 Å². The summed E-state index contributed by atoms with van der Waals surface area (Å²) in [5.74, 6) is -1.47. The zero-order valence-corrected chi connectivity index (χ0v) is 13.3. The molecular formula is C15H26NO5+. The van der Waals surface area contributed by atoms with E-state index in [0.29, 0.717) is 29.6 Å². The third-order valence-electron chi connectivity index (χ3n) is 2.90. The average Bonchev–Trinajstić information content (AvgIpc) is 2.41. The largest absolute Gasteiger partial charge is 0.502 e. The molecule has 0 saturated carbocycles. The van der Waals surface area contributed by atoms with Crippen LogP contribution in [0.4, 0.5) is 0 Å². The van der Waals surface area contributed by atoms with Crippen molar-refractivity contribution in [3.05, 3.63) is 24.0 Å². The zero-order chi connectivity index (χ0) is 16.5. The first-order chi connectivity index (χ1) is 9.69. The van der Waals surface area contributed by atoms with Gasteiger partial charge in [-0.25, -0.2) is 9.59 Å². The SMILES string of the molecule is C=C(C)C(=O)OCC[N+](C)(C)CCCOC(=O)C(O)=CC. The number of rotatable bonds is 9. The predicted octanol–water partition coefficient (Wildman–Crippen LogP) is 1.58. The van der Waals surface area contributed by atoms with Gasteiger partial charge in [-0.1, -0.05) is 6.58 Å². The number of ether oxygens (including phenoxy) is 2. The van der Waals surface area contributed by atoms with Crippen molar-refractivity contribution in [2.24, 2.45) is 0 Å². The van der Waals surface area contributed by atoms with E-state index in [2.05, 4.69) is 6.58 Å². The highest BCUT2D eigenvalue weighted by Crippen LogP contribution is 2.02. The van der Waals surface area contributed by atoms with Crippen molar-refractivity contribution in [3.63, 3.8) is 0 Å². The number of nitrogens with zero attached hydrogens (tertiary/aromatic N) is 1. The van der Waals surface area contributed by atoms with Gasteiger partial charge in [-0.15, -0.1) is 0 Å². The molecule has 0 rings (SSSR count). The molecule has 6 heteroatoms. The van der Waals surface area contributed by atoms with Gasteiger partial charge >= 0.3 is 11.9 Å². The molecule has 0 atom stereocenters. The Bertz CT molecular complexity index is 412. The molecule has 0 fully saturated rings. The highest BCUT2D eigenvalue weighted by Gasteiger charge is 2.16. The van der Waals surface area contributed by atoms with Gasteiger partial charge in [0.2, 0.25) is 0 Å². The Balaban J connectivity index is 3.90. The Morgan fingerprint density at radius 1 is 1.14 bits per heavy atom. The number of carbonyl (C=O) groups excluding carboxylic acids is 2. The zero-order valence-electron chi connectivity index (χ0n) is 13.3. The van der Waals surface area contributed by atoms with Crippen molar-refractivity contribution in [2.75, 3.05) is 40.4 Å². The van der Waals surface area contributed by atoms with Gasteiger partial charge in [0, 0.05) is 12.0 Å². The molecule has 0 aliphatic carbocycles. The summed E-state index contributed by atoms with van der Waals surface area (Å²) in [7, 11) is 4.00. The number of quaternary nitrogens is 1. The van der Waals surface area contributed by atoms with Crippen LogP contribution < -0.4 is 0 Å². The third kappa shape index (κ3) is 8.86. The van der Waals surface area contributed by atoms with Crippen molar-refractivity contribution < 1.29 is 28.7 Å². The van der Waals surface area contributed by atoms with Gasteiger partial charge < -0.3 is 19.1 Å². The van der Waals surface area contributed by atoms with Crippen LogP contribution in [0.25, 0.3) is 0 Å². The summed E-state index contributed by atoms with van der Waals surface area (Å²) in [6, 6.07) is 0. The van der Waals surface area contributed by atoms with Crippen LogP contribution >= 0.6 is 0 Å². The van der Waals surface area contributed by atoms with Crippen molar-refractivity contribution in [2.45, 2.75) is 20.3 Å². The molecule has 0 unspecified atom stereocenters. The van der Waals surface area contributed by atoms with Crippen molar-refractivity contribution >= 4 is 11.9 Å². The summed E-state index contributed by atoms with van der Waals surface area (Å²) in [4.78, 5) is 22.4. The van der Waals surface area contributed by atoms with E-state index in [4.69, 9.17) is 14.6 Å². The van der Waals surface area contributed by atoms with Gasteiger partial charge in [-0.3, -0.25) is 0 Å². The summed E-state index contributed by atoms with van der Waals surface area (Å²) in [5.41, 5.74) is 0.385. The number of hydrogen-bond donors (Lipinski definition) is 1. The monoisotopic (exact) mass is 300 g/mol. The topological polar surface area (TPSA) is 72.8 Å². The van der Waals surface area contributed by atoms with Crippen LogP contribution in [0.15, 0.2) is 24.0 Å². The maximum Gasteiger partial charge on any atom is 0.373 e. The summed E-state index contributed by atoms with van der Waals surface area (Å²) >= 11 is 0. The van der Waals surface area contributed by atoms with Gasteiger partial charge in [-0.2, -0.15) is 0 Å². The molecule has 0 amide bonds. The van der Waals surface area contributed by atoms with Crippen molar-refractivity contribution in [1.82, 2.24) is 0 Å². The maximum atomic E-state index is 11.2. The molecule has 0 heterocycles. The first-order valence-corrected chi connectivity index (χ1v) is 6.86. The van der Waals surface area contributed by atoms with Gasteiger partial charge in [-0.05, 0) is 19.9 Å². The lowest BCUT2D eigenvalue weighted by Gasteiger charge is -2.29. The normalized spacial score (nSPS) is 11.9. The van der Waals surface area contributed by atoms with Crippen LogP contribution in [0, 0.1) is 0 Å². The fourth-order valence-electron chi connectivity index (χ4n) is 1.47. The molecule has 6 nitrogen and oxygen atoms in total. The van der Waals surface area contributed by atoms with E-state index in [1.165, 1.54) is 6.08 Å². The Hall–Kier alpha value is -1.82. The van der Waals surface area contributed by atoms with Gasteiger partial charge in [0.05, 0.1) is 27.2 Å². The van der Waals surface area contributed by atoms with E-state index in [-0.39, 0.29) is 18.3 Å². The third-order valence-corrected chi connectivity index (χ3v) is 2.90. The maximum absolute atomic E-state index is 11.2. The van der Waals surface area contributed by atoms with E-state index in [9.17, 15) is 9.59 Å². The van der Waals surface area contributed by atoms with Crippen LogP contribution in [0.1, 0.15) is 20.3 Å². The van der Waals surface area contributed by atoms with E-state index >= 15 is 0 Å². The molecule has 0 spiro atoms. The number of aliphatic hydroxyl groups is 1. The predicted molar refractivity (Wildman–Crippen MR) is 79.6 cm³/mol. The molecule has 0 aromatic carbocycles. The number of likely N-dealkylation sites (N-methyl/N-ethyl adjacent to an activating group) is 1. The fraction of sp³-hybridized carbons (Fsp3) is 0.600. The number of allylic oxidation sites excluding steroid dienone is 1. The molecular weight excluding hydrogens is 274 g/mol. The standard InChI is InChI=1S/C15H25NO5/c1-6-13(17)15(19)20-10-7-8-16(4,5)9-11-21-14(18)12(2)3/h6H,2,7-11H2,1,3-5H3/p+1. The summed E-state index contributed by atoms with van der Waals surface area (Å²) < 4.78 is 10.6. The Labute approximate surface area is 126 Å². The molecule has 0 bridgehead atoms. The molecule has 0 aromatic heterocycles. The molecule has 0 aromatic rings. The first-order valence-electron chi connectivity index (χ1n) is 6.86. The molecule has 1 N–H and O–H groups in total. The van der Waals surface area contributed by atoms with Crippen LogP contribution in [-0.4, -0.2) is 61.9 Å². The molecule has 120 valence electrons. The molecule has 0 radical (unpaired) electrons. The van der Waals surface area contributed by atoms with Crippen LogP contribution in [0.3, 0.4) is 0 Å². The number of aliphatic hydroxyl groups excluding tert-OH is 1. The van der Waals surface area contributed by atoms with Crippen LogP contribution in [-0.2, 0) is 19.1 Å². The Morgan fingerprint density at radius 2 is 1.71 bits per heavy atom. The summed E-state index contributed by atoms with van der Waals surface area (Å²) in [5, 5.41) is 9.13. The number of hydrogen-bond acceptors (Lipinski definition) is 5. The highest BCUT2D eigenvalue weighted by atomic mass is 16.5. The van der Waals surface area contributed by atoms with E-state index in [1.807, 2.05) is 14.1 Å². The Morgan fingerprint density at radius 3 is 2.24 bits per heavy atom. The second kappa shape index (κ2) is 9.18. The fourth-order valence-corrected chi connectivity index (χ4v) is 1.47. The van der Waals surface area contributed by atoms with Gasteiger partial charge in [0.25, 0.3) is 0 Å². The molecule has 0 saturated heterocycles. The Kier molecular flexibility index (Phi) is 8.38. The number of esters is 2. The average molecular weight is 300 g/mol. The first kappa shape index (κ1) is 19.2. The van der Waals surface area contributed by atoms with Gasteiger partial charge in [0.15, 0.2) is 5.76 Å². The molecule has 0 aliphatic rings. The molecule has 0 aliphatic heterocycles. The lowest BCUT2D eigenvalue weighted by atomic mass is 10.3. The van der Waals surface area contributed by atoms with E-state index in [0.717, 1.165) is 6.54 Å². The van der Waals surface area contributed by atoms with Crippen molar-refractivity contribution in [1.29, 1.82) is 0 Å². The minimum atomic E-state index is -0.710. The molecule has 21 heavy (non-hydrogen) atoms. The van der Waals surface area contributed by atoms with E-state index < -0.39 is 5.97 Å². The smallest absolute Gasteiger partial charge is 0.373 e. The quantitative estimate of drug-likeness (QED) is 0.230. The number of carbonyl (C=O) groups is 2. The van der Waals surface area contributed by atoms with E-state index in [1.54, 1.807) is 13.8 Å². The minimum Gasteiger partial charge on any atom is -0.502 e. The van der Waals surface area contributed by atoms with Crippen LogP contribution in [0.2, 0.25) is 0 Å². The summed E-state index contributed by atoms with van der Waals surface area (Å²) in [6.45, 7) is 8.66.